The normalized spacial score (nSPS) is 12.0. The second kappa shape index (κ2) is 3.63. The van der Waals surface area contributed by atoms with Crippen molar-refractivity contribution in [3.8, 4) is 0 Å². The first kappa shape index (κ1) is 8.65. The molecule has 0 spiro atoms. The van der Waals surface area contributed by atoms with Crippen molar-refractivity contribution in [3.05, 3.63) is 0 Å². The van der Waals surface area contributed by atoms with Gasteiger partial charge in [0.2, 0.25) is 0 Å². The lowest BCUT2D eigenvalue weighted by atomic mass is 9.94. The van der Waals surface area contributed by atoms with Crippen molar-refractivity contribution in [3.63, 3.8) is 0 Å². The van der Waals surface area contributed by atoms with Crippen LogP contribution in [-0.2, 0) is 0 Å². The van der Waals surface area contributed by atoms with Crippen molar-refractivity contribution in [2.45, 2.75) is 6.92 Å². The molecule has 0 aliphatic rings. The minimum atomic E-state index is 0.167. The molecule has 50 valence electrons. The molecule has 4 N–H and O–H groups in total. The van der Waals surface area contributed by atoms with Gasteiger partial charge in [-0.15, -0.1) is 0 Å². The van der Waals surface area contributed by atoms with Gasteiger partial charge in [0.05, 0.1) is 0 Å². The molecule has 0 saturated heterocycles. The van der Waals surface area contributed by atoms with Crippen LogP contribution < -0.4 is 11.5 Å². The summed E-state index contributed by atoms with van der Waals surface area (Å²) < 4.78 is 1.04. The molecule has 0 aliphatic heterocycles. The van der Waals surface area contributed by atoms with Crippen LogP contribution in [0.5, 0.6) is 0 Å². The van der Waals surface area contributed by atoms with Crippen molar-refractivity contribution >= 4 is 22.6 Å². The third kappa shape index (κ3) is 2.28. The molecular formula is C5H13IN2. The van der Waals surface area contributed by atoms with Crippen molar-refractivity contribution in [2.75, 3.05) is 17.5 Å². The molecule has 3 heteroatoms. The molecule has 0 radical (unpaired) electrons. The van der Waals surface area contributed by atoms with Crippen LogP contribution in [0.25, 0.3) is 0 Å². The summed E-state index contributed by atoms with van der Waals surface area (Å²) in [6, 6.07) is 0. The van der Waals surface area contributed by atoms with E-state index < -0.39 is 0 Å². The Morgan fingerprint density at radius 1 is 1.38 bits per heavy atom. The van der Waals surface area contributed by atoms with Crippen LogP contribution in [0.2, 0.25) is 0 Å². The van der Waals surface area contributed by atoms with E-state index in [1.54, 1.807) is 0 Å². The highest BCUT2D eigenvalue weighted by Gasteiger charge is 2.17. The van der Waals surface area contributed by atoms with Crippen molar-refractivity contribution in [2.24, 2.45) is 16.9 Å². The second-order valence-electron chi connectivity index (χ2n) is 2.35. The number of alkyl halides is 1. The van der Waals surface area contributed by atoms with Crippen molar-refractivity contribution in [1.82, 2.24) is 0 Å². The van der Waals surface area contributed by atoms with Gasteiger partial charge in [0, 0.05) is 9.84 Å². The maximum absolute atomic E-state index is 5.44. The van der Waals surface area contributed by atoms with Gasteiger partial charge >= 0.3 is 0 Å². The van der Waals surface area contributed by atoms with E-state index in [9.17, 15) is 0 Å². The van der Waals surface area contributed by atoms with Gasteiger partial charge in [0.1, 0.15) is 0 Å². The fraction of sp³-hybridized carbons (Fsp3) is 1.00. The van der Waals surface area contributed by atoms with Crippen LogP contribution in [0, 0.1) is 5.41 Å². The Bertz CT molecular complexity index is 53.2. The fourth-order valence-corrected chi connectivity index (χ4v) is 0.815. The zero-order valence-corrected chi connectivity index (χ0v) is 7.31. The molecule has 0 saturated carbocycles. The number of rotatable bonds is 3. The number of hydrogen-bond donors (Lipinski definition) is 2. The van der Waals surface area contributed by atoms with E-state index in [1.807, 2.05) is 0 Å². The second-order valence-corrected chi connectivity index (χ2v) is 3.12. The van der Waals surface area contributed by atoms with E-state index in [4.69, 9.17) is 11.5 Å². The highest BCUT2D eigenvalue weighted by atomic mass is 127. The first-order chi connectivity index (χ1) is 3.68. The third-order valence-corrected chi connectivity index (χ3v) is 3.15. The summed E-state index contributed by atoms with van der Waals surface area (Å²) in [5.41, 5.74) is 11.1. The molecule has 0 aromatic rings. The Morgan fingerprint density at radius 2 is 1.75 bits per heavy atom. The van der Waals surface area contributed by atoms with Gasteiger partial charge < -0.3 is 11.5 Å². The standard InChI is InChI=1S/C5H13IN2/c1-5(2-6,3-7)4-8/h2-4,7-8H2,1H3. The molecule has 0 aliphatic carbocycles. The molecule has 2 nitrogen and oxygen atoms in total. The van der Waals surface area contributed by atoms with E-state index in [0.29, 0.717) is 13.1 Å². The zero-order valence-electron chi connectivity index (χ0n) is 5.15. The van der Waals surface area contributed by atoms with Gasteiger partial charge in [-0.25, -0.2) is 0 Å². The molecular weight excluding hydrogens is 215 g/mol. The SMILES string of the molecule is CC(CN)(CN)CI. The molecule has 0 unspecified atom stereocenters. The van der Waals surface area contributed by atoms with E-state index >= 15 is 0 Å². The molecule has 0 amide bonds. The van der Waals surface area contributed by atoms with Crippen LogP contribution in [0.1, 0.15) is 6.92 Å². The highest BCUT2D eigenvalue weighted by molar-refractivity contribution is 14.1. The molecule has 0 atom stereocenters. The fourth-order valence-electron chi connectivity index (χ4n) is 0.192. The Labute approximate surface area is 64.1 Å². The minimum Gasteiger partial charge on any atom is -0.330 e. The van der Waals surface area contributed by atoms with Gasteiger partial charge in [0.15, 0.2) is 0 Å². The number of hydrogen-bond acceptors (Lipinski definition) is 2. The Kier molecular flexibility index (Phi) is 3.93. The maximum Gasteiger partial charge on any atom is 0.00735 e. The molecule has 0 aromatic carbocycles. The van der Waals surface area contributed by atoms with Gasteiger partial charge in [0.25, 0.3) is 0 Å². The van der Waals surface area contributed by atoms with Crippen LogP contribution in [0.15, 0.2) is 0 Å². The number of nitrogens with two attached hydrogens (primary N) is 2. The summed E-state index contributed by atoms with van der Waals surface area (Å²) >= 11 is 2.31. The summed E-state index contributed by atoms with van der Waals surface area (Å²) in [5, 5.41) is 0. The molecule has 8 heavy (non-hydrogen) atoms. The topological polar surface area (TPSA) is 52.0 Å². The molecule has 0 bridgehead atoms. The molecule has 0 rings (SSSR count). The lowest BCUT2D eigenvalue weighted by molar-refractivity contribution is 0.409. The molecule has 0 heterocycles. The van der Waals surface area contributed by atoms with Crippen molar-refractivity contribution in [1.29, 1.82) is 0 Å². The van der Waals surface area contributed by atoms with Crippen molar-refractivity contribution < 1.29 is 0 Å². The summed E-state index contributed by atoms with van der Waals surface area (Å²) in [7, 11) is 0. The zero-order chi connectivity index (χ0) is 6.62. The summed E-state index contributed by atoms with van der Waals surface area (Å²) in [6.45, 7) is 3.47. The highest BCUT2D eigenvalue weighted by Crippen LogP contribution is 2.14. The Morgan fingerprint density at radius 3 is 1.75 bits per heavy atom. The van der Waals surface area contributed by atoms with Crippen LogP contribution in [-0.4, -0.2) is 17.5 Å². The molecule has 0 fully saturated rings. The summed E-state index contributed by atoms with van der Waals surface area (Å²) in [5.74, 6) is 0. The Balaban J connectivity index is 3.58. The summed E-state index contributed by atoms with van der Waals surface area (Å²) in [4.78, 5) is 0. The first-order valence-electron chi connectivity index (χ1n) is 2.64. The minimum absolute atomic E-state index is 0.167. The Hall–Kier alpha value is 0.650. The quantitative estimate of drug-likeness (QED) is 0.540. The smallest absolute Gasteiger partial charge is 0.00735 e. The van der Waals surface area contributed by atoms with Gasteiger partial charge in [-0.3, -0.25) is 0 Å². The van der Waals surface area contributed by atoms with Crippen LogP contribution >= 0.6 is 22.6 Å². The van der Waals surface area contributed by atoms with E-state index in [1.165, 1.54) is 0 Å². The van der Waals surface area contributed by atoms with Crippen LogP contribution in [0.3, 0.4) is 0 Å². The lowest BCUT2D eigenvalue weighted by Crippen LogP contribution is -2.36. The predicted molar refractivity (Wildman–Crippen MR) is 45.1 cm³/mol. The number of halogens is 1. The van der Waals surface area contributed by atoms with Crippen LogP contribution in [0.4, 0.5) is 0 Å². The molecule has 0 aromatic heterocycles. The van der Waals surface area contributed by atoms with Gasteiger partial charge in [-0.1, -0.05) is 29.5 Å². The van der Waals surface area contributed by atoms with E-state index in [2.05, 4.69) is 29.5 Å². The van der Waals surface area contributed by atoms with Gasteiger partial charge in [-0.05, 0) is 13.1 Å². The monoisotopic (exact) mass is 228 g/mol. The largest absolute Gasteiger partial charge is 0.330 e. The average molecular weight is 228 g/mol. The van der Waals surface area contributed by atoms with E-state index in [0.717, 1.165) is 4.43 Å². The van der Waals surface area contributed by atoms with E-state index in [-0.39, 0.29) is 5.41 Å². The first-order valence-corrected chi connectivity index (χ1v) is 4.17. The average Bonchev–Trinajstić information content (AvgIpc) is 1.87. The lowest BCUT2D eigenvalue weighted by Gasteiger charge is -2.22. The predicted octanol–water partition coefficient (Wildman–Crippen LogP) is 0.345. The maximum atomic E-state index is 5.44. The summed E-state index contributed by atoms with van der Waals surface area (Å²) in [6.07, 6.45) is 0. The third-order valence-electron chi connectivity index (χ3n) is 1.31. The van der Waals surface area contributed by atoms with Gasteiger partial charge in [-0.2, -0.15) is 0 Å².